The number of aromatic amines is 1. The number of carbonyl (C=O) groups excluding carboxylic acids is 2. The maximum atomic E-state index is 13.6. The molecule has 4 aromatic rings. The standard InChI is InChI=1S/C23H18ClFN2O4/c1-11(2)31-22(28)13-4-6-14-19(9-13)27-21-15(23(29)30-3)10-18(26-20(14)21)12-5-7-17(25)16(24)8-12/h4-11,27H,1-3H3. The molecule has 4 rings (SSSR count). The molecule has 0 unspecified atom stereocenters. The molecule has 6 nitrogen and oxygen atoms in total. The maximum Gasteiger partial charge on any atom is 0.340 e. The molecule has 2 aromatic carbocycles. The first-order chi connectivity index (χ1) is 14.8. The molecule has 0 saturated heterocycles. The van der Waals surface area contributed by atoms with Gasteiger partial charge in [0.1, 0.15) is 5.82 Å². The van der Waals surface area contributed by atoms with Crippen molar-refractivity contribution >= 4 is 45.5 Å². The second-order valence-electron chi connectivity index (χ2n) is 7.24. The highest BCUT2D eigenvalue weighted by molar-refractivity contribution is 6.31. The zero-order chi connectivity index (χ0) is 22.3. The molecule has 2 aromatic heterocycles. The number of nitrogens with one attached hydrogen (secondary N) is 1. The van der Waals surface area contributed by atoms with Crippen LogP contribution in [-0.2, 0) is 9.47 Å². The van der Waals surface area contributed by atoms with Gasteiger partial charge in [-0.15, -0.1) is 0 Å². The van der Waals surface area contributed by atoms with Crippen molar-refractivity contribution in [3.05, 3.63) is 64.4 Å². The zero-order valence-electron chi connectivity index (χ0n) is 17.0. The van der Waals surface area contributed by atoms with E-state index in [4.69, 9.17) is 21.1 Å². The van der Waals surface area contributed by atoms with Crippen molar-refractivity contribution in [2.75, 3.05) is 7.11 Å². The van der Waals surface area contributed by atoms with Gasteiger partial charge in [-0.3, -0.25) is 0 Å². The van der Waals surface area contributed by atoms with Crippen LogP contribution in [0.2, 0.25) is 5.02 Å². The van der Waals surface area contributed by atoms with Gasteiger partial charge in [0, 0.05) is 16.5 Å². The fraction of sp³-hybridized carbons (Fsp3) is 0.174. The Labute approximate surface area is 181 Å². The quantitative estimate of drug-likeness (QED) is 0.422. The minimum Gasteiger partial charge on any atom is -0.465 e. The smallest absolute Gasteiger partial charge is 0.340 e. The van der Waals surface area contributed by atoms with E-state index in [1.807, 2.05) is 0 Å². The van der Waals surface area contributed by atoms with Gasteiger partial charge in [0.25, 0.3) is 0 Å². The van der Waals surface area contributed by atoms with Crippen molar-refractivity contribution in [2.45, 2.75) is 20.0 Å². The van der Waals surface area contributed by atoms with Crippen LogP contribution >= 0.6 is 11.6 Å². The van der Waals surface area contributed by atoms with Crippen LogP contribution in [0.4, 0.5) is 4.39 Å². The average Bonchev–Trinajstić information content (AvgIpc) is 3.11. The Morgan fingerprint density at radius 2 is 1.87 bits per heavy atom. The van der Waals surface area contributed by atoms with Crippen LogP contribution in [-0.4, -0.2) is 35.1 Å². The van der Waals surface area contributed by atoms with E-state index in [0.29, 0.717) is 38.8 Å². The predicted molar refractivity (Wildman–Crippen MR) is 116 cm³/mol. The lowest BCUT2D eigenvalue weighted by Crippen LogP contribution is -2.11. The summed E-state index contributed by atoms with van der Waals surface area (Å²) in [5, 5.41) is 0.655. The second kappa shape index (κ2) is 8.00. The minimum absolute atomic E-state index is 0.0498. The third-order valence-electron chi connectivity index (χ3n) is 4.75. The Morgan fingerprint density at radius 3 is 2.55 bits per heavy atom. The van der Waals surface area contributed by atoms with Crippen LogP contribution in [0.1, 0.15) is 34.6 Å². The van der Waals surface area contributed by atoms with E-state index < -0.39 is 17.8 Å². The van der Waals surface area contributed by atoms with E-state index in [-0.39, 0.29) is 16.7 Å². The number of benzene rings is 2. The van der Waals surface area contributed by atoms with Gasteiger partial charge in [-0.05, 0) is 56.3 Å². The third kappa shape index (κ3) is 3.84. The van der Waals surface area contributed by atoms with Gasteiger partial charge in [-0.25, -0.2) is 19.0 Å². The van der Waals surface area contributed by atoms with Crippen LogP contribution in [0, 0.1) is 5.82 Å². The van der Waals surface area contributed by atoms with E-state index >= 15 is 0 Å². The van der Waals surface area contributed by atoms with Gasteiger partial charge in [0.15, 0.2) is 0 Å². The van der Waals surface area contributed by atoms with Crippen molar-refractivity contribution in [3.8, 4) is 11.3 Å². The summed E-state index contributed by atoms with van der Waals surface area (Å²) in [6.07, 6.45) is -0.247. The number of rotatable bonds is 4. The molecule has 0 spiro atoms. The van der Waals surface area contributed by atoms with E-state index in [0.717, 1.165) is 0 Å². The normalized spacial score (nSPS) is 11.3. The fourth-order valence-corrected chi connectivity index (χ4v) is 3.52. The van der Waals surface area contributed by atoms with Crippen molar-refractivity contribution in [1.82, 2.24) is 9.97 Å². The number of H-pyrrole nitrogens is 1. The van der Waals surface area contributed by atoms with Crippen molar-refractivity contribution < 1.29 is 23.5 Å². The molecule has 0 amide bonds. The lowest BCUT2D eigenvalue weighted by molar-refractivity contribution is 0.0377. The van der Waals surface area contributed by atoms with Crippen LogP contribution in [0.5, 0.6) is 0 Å². The van der Waals surface area contributed by atoms with Crippen LogP contribution in [0.25, 0.3) is 33.2 Å². The number of carbonyl (C=O) groups is 2. The molecule has 2 heterocycles. The molecule has 0 saturated carbocycles. The number of hydrogen-bond donors (Lipinski definition) is 1. The molecular weight excluding hydrogens is 423 g/mol. The summed E-state index contributed by atoms with van der Waals surface area (Å²) in [7, 11) is 1.28. The van der Waals surface area contributed by atoms with Gasteiger partial charge in [-0.1, -0.05) is 11.6 Å². The number of hydrogen-bond acceptors (Lipinski definition) is 5. The largest absolute Gasteiger partial charge is 0.465 e. The molecule has 8 heteroatoms. The topological polar surface area (TPSA) is 81.3 Å². The second-order valence-corrected chi connectivity index (χ2v) is 7.65. The highest BCUT2D eigenvalue weighted by Gasteiger charge is 2.20. The van der Waals surface area contributed by atoms with Gasteiger partial charge >= 0.3 is 11.9 Å². The first-order valence-electron chi connectivity index (χ1n) is 9.49. The first kappa shape index (κ1) is 20.8. The summed E-state index contributed by atoms with van der Waals surface area (Å²) in [5.41, 5.74) is 3.19. The van der Waals surface area contributed by atoms with E-state index in [2.05, 4.69) is 9.97 Å². The third-order valence-corrected chi connectivity index (χ3v) is 5.04. The van der Waals surface area contributed by atoms with Crippen molar-refractivity contribution in [2.24, 2.45) is 0 Å². The summed E-state index contributed by atoms with van der Waals surface area (Å²) < 4.78 is 23.8. The van der Waals surface area contributed by atoms with Crippen LogP contribution < -0.4 is 0 Å². The van der Waals surface area contributed by atoms with Crippen molar-refractivity contribution in [3.63, 3.8) is 0 Å². The van der Waals surface area contributed by atoms with Crippen molar-refractivity contribution in [1.29, 1.82) is 0 Å². The summed E-state index contributed by atoms with van der Waals surface area (Å²) >= 11 is 5.92. The number of pyridine rings is 1. The monoisotopic (exact) mass is 440 g/mol. The van der Waals surface area contributed by atoms with Gasteiger partial charge < -0.3 is 14.5 Å². The molecule has 0 aliphatic carbocycles. The van der Waals surface area contributed by atoms with Gasteiger partial charge in [-0.2, -0.15) is 0 Å². The summed E-state index contributed by atoms with van der Waals surface area (Å²) in [5.74, 6) is -1.56. The highest BCUT2D eigenvalue weighted by Crippen LogP contribution is 2.32. The molecule has 0 aliphatic rings. The van der Waals surface area contributed by atoms with Crippen LogP contribution in [0.15, 0.2) is 42.5 Å². The Balaban J connectivity index is 1.94. The number of esters is 2. The van der Waals surface area contributed by atoms with Gasteiger partial charge in [0.05, 0.1) is 46.1 Å². The Hall–Kier alpha value is -3.45. The zero-order valence-corrected chi connectivity index (χ0v) is 17.7. The SMILES string of the molecule is COC(=O)c1cc(-c2ccc(F)c(Cl)c2)nc2c1[nH]c1cc(C(=O)OC(C)C)ccc12. The molecule has 0 bridgehead atoms. The molecule has 0 fully saturated rings. The van der Waals surface area contributed by atoms with E-state index in [9.17, 15) is 14.0 Å². The van der Waals surface area contributed by atoms with E-state index in [1.165, 1.54) is 25.3 Å². The predicted octanol–water partition coefficient (Wildman–Crippen LogP) is 5.53. The lowest BCUT2D eigenvalue weighted by atomic mass is 10.1. The Morgan fingerprint density at radius 1 is 1.10 bits per heavy atom. The first-order valence-corrected chi connectivity index (χ1v) is 9.87. The molecule has 0 atom stereocenters. The summed E-state index contributed by atoms with van der Waals surface area (Å²) in [4.78, 5) is 32.6. The number of ether oxygens (including phenoxy) is 2. The molecule has 0 radical (unpaired) electrons. The van der Waals surface area contributed by atoms with Crippen LogP contribution in [0.3, 0.4) is 0 Å². The Kier molecular flexibility index (Phi) is 5.37. The highest BCUT2D eigenvalue weighted by atomic mass is 35.5. The average molecular weight is 441 g/mol. The maximum absolute atomic E-state index is 13.6. The summed E-state index contributed by atoms with van der Waals surface area (Å²) in [6, 6.07) is 10.8. The number of methoxy groups -OCH3 is 1. The number of nitrogens with zero attached hydrogens (tertiary/aromatic N) is 1. The summed E-state index contributed by atoms with van der Waals surface area (Å²) in [6.45, 7) is 3.55. The van der Waals surface area contributed by atoms with Gasteiger partial charge in [0.2, 0.25) is 0 Å². The Bertz CT molecular complexity index is 1350. The molecule has 0 aliphatic heterocycles. The number of fused-ring (bicyclic) bond motifs is 3. The molecule has 1 N–H and O–H groups in total. The fourth-order valence-electron chi connectivity index (χ4n) is 3.34. The molecular formula is C23H18ClFN2O4. The number of halogens is 2. The minimum atomic E-state index is -0.562. The van der Waals surface area contributed by atoms with E-state index in [1.54, 1.807) is 38.1 Å². The number of aromatic nitrogens is 2. The molecule has 31 heavy (non-hydrogen) atoms. The molecule has 158 valence electrons. The lowest BCUT2D eigenvalue weighted by Gasteiger charge is -2.07.